The number of hydrogen-bond donors (Lipinski definition) is 1. The van der Waals surface area contributed by atoms with Crippen molar-refractivity contribution in [3.63, 3.8) is 0 Å². The summed E-state index contributed by atoms with van der Waals surface area (Å²) in [5, 5.41) is 13.3. The standard InChI is InChI=1S/C16H18.C8H6N2.CH2N4/c1-2-3-7-14-10-12-16(13-11-14)15-8-5-4-6-9-15;1-2-4-8-7(3-1)5-9-6-10-8;1-2-4-5-3-1/h4-6,8-13H,2-3,7H2,1H3;1-6H;1H,(H,2,3,4,5). The molecule has 0 atom stereocenters. The van der Waals surface area contributed by atoms with Crippen LogP contribution in [0.3, 0.4) is 0 Å². The molecule has 156 valence electrons. The van der Waals surface area contributed by atoms with Crippen LogP contribution in [-0.2, 0) is 6.42 Å². The largest absolute Gasteiger partial charge is 0.244 e. The average molecular weight is 411 g/mol. The first kappa shape index (κ1) is 21.8. The molecule has 5 rings (SSSR count). The van der Waals surface area contributed by atoms with Crippen LogP contribution in [0.4, 0.5) is 0 Å². The van der Waals surface area contributed by atoms with Gasteiger partial charge in [-0.25, -0.2) is 9.97 Å². The maximum Gasteiger partial charge on any atom is 0.161 e. The number of aromatic nitrogens is 6. The average Bonchev–Trinajstić information content (AvgIpc) is 3.45. The van der Waals surface area contributed by atoms with E-state index in [1.165, 1.54) is 42.3 Å². The van der Waals surface area contributed by atoms with E-state index in [1.54, 1.807) is 6.33 Å². The van der Waals surface area contributed by atoms with Crippen molar-refractivity contribution in [2.24, 2.45) is 0 Å². The number of nitrogens with one attached hydrogen (secondary N) is 1. The van der Waals surface area contributed by atoms with Gasteiger partial charge in [-0.15, -0.1) is 10.2 Å². The molecular weight excluding hydrogens is 384 g/mol. The fourth-order valence-corrected chi connectivity index (χ4v) is 2.93. The highest BCUT2D eigenvalue weighted by molar-refractivity contribution is 5.76. The van der Waals surface area contributed by atoms with E-state index in [-0.39, 0.29) is 0 Å². The van der Waals surface area contributed by atoms with Gasteiger partial charge in [0.2, 0.25) is 0 Å². The minimum atomic E-state index is 0.998. The van der Waals surface area contributed by atoms with Crippen molar-refractivity contribution in [2.45, 2.75) is 26.2 Å². The lowest BCUT2D eigenvalue weighted by Crippen LogP contribution is -1.84. The maximum atomic E-state index is 4.07. The second kappa shape index (κ2) is 12.6. The first-order valence-corrected chi connectivity index (χ1v) is 10.3. The van der Waals surface area contributed by atoms with Crippen LogP contribution in [0, 0.1) is 0 Å². The van der Waals surface area contributed by atoms with Gasteiger partial charge in [0.15, 0.2) is 6.33 Å². The summed E-state index contributed by atoms with van der Waals surface area (Å²) in [6.45, 7) is 2.23. The van der Waals surface area contributed by atoms with Gasteiger partial charge in [0.05, 0.1) is 5.52 Å². The number of unbranched alkanes of at least 4 members (excludes halogenated alkanes) is 1. The quantitative estimate of drug-likeness (QED) is 0.422. The van der Waals surface area contributed by atoms with E-state index >= 15 is 0 Å². The minimum Gasteiger partial charge on any atom is -0.244 e. The number of hydrogen-bond acceptors (Lipinski definition) is 5. The molecule has 0 fully saturated rings. The Kier molecular flexibility index (Phi) is 8.84. The van der Waals surface area contributed by atoms with Crippen LogP contribution in [0.5, 0.6) is 0 Å². The number of fused-ring (bicyclic) bond motifs is 1. The van der Waals surface area contributed by atoms with Crippen molar-refractivity contribution >= 4 is 10.9 Å². The SMILES string of the molecule is CCCCc1ccc(-c2ccccc2)cc1.c1ccc2ncncc2c1.c1nn[nH]n1. The van der Waals surface area contributed by atoms with Crippen molar-refractivity contribution in [3.8, 4) is 11.1 Å². The number of nitrogens with zero attached hydrogens (tertiary/aromatic N) is 5. The Morgan fingerprint density at radius 1 is 0.774 bits per heavy atom. The van der Waals surface area contributed by atoms with Crippen LogP contribution in [0.1, 0.15) is 25.3 Å². The maximum absolute atomic E-state index is 4.07. The minimum absolute atomic E-state index is 0.998. The van der Waals surface area contributed by atoms with Crippen molar-refractivity contribution in [2.75, 3.05) is 0 Å². The number of H-pyrrole nitrogens is 1. The predicted octanol–water partition coefficient (Wildman–Crippen LogP) is 5.53. The van der Waals surface area contributed by atoms with Gasteiger partial charge in [-0.2, -0.15) is 5.21 Å². The number of tetrazole rings is 1. The Morgan fingerprint density at radius 2 is 1.52 bits per heavy atom. The zero-order valence-electron chi connectivity index (χ0n) is 17.6. The van der Waals surface area contributed by atoms with Gasteiger partial charge in [0.1, 0.15) is 6.33 Å². The molecule has 6 heteroatoms. The zero-order chi connectivity index (χ0) is 21.6. The lowest BCUT2D eigenvalue weighted by Gasteiger charge is -2.03. The molecule has 0 radical (unpaired) electrons. The van der Waals surface area contributed by atoms with Gasteiger partial charge in [-0.05, 0) is 35.6 Å². The third-order valence-corrected chi connectivity index (χ3v) is 4.56. The van der Waals surface area contributed by atoms with Crippen molar-refractivity contribution < 1.29 is 0 Å². The molecule has 1 N–H and O–H groups in total. The van der Waals surface area contributed by atoms with Crippen molar-refractivity contribution in [3.05, 3.63) is 103 Å². The second-order valence-electron chi connectivity index (χ2n) is 6.81. The van der Waals surface area contributed by atoms with E-state index in [4.69, 9.17) is 0 Å². The fraction of sp³-hybridized carbons (Fsp3) is 0.160. The molecule has 0 unspecified atom stereocenters. The van der Waals surface area contributed by atoms with Gasteiger partial charge in [-0.3, -0.25) is 0 Å². The first-order chi connectivity index (χ1) is 15.4. The fourth-order valence-electron chi connectivity index (χ4n) is 2.93. The molecule has 0 aliphatic rings. The highest BCUT2D eigenvalue weighted by Crippen LogP contribution is 2.19. The Bertz CT molecular complexity index is 1030. The van der Waals surface area contributed by atoms with E-state index in [1.807, 2.05) is 30.5 Å². The van der Waals surface area contributed by atoms with Crippen LogP contribution in [-0.4, -0.2) is 30.6 Å². The number of aromatic amines is 1. The van der Waals surface area contributed by atoms with Crippen LogP contribution < -0.4 is 0 Å². The molecule has 31 heavy (non-hydrogen) atoms. The summed E-state index contributed by atoms with van der Waals surface area (Å²) >= 11 is 0. The Labute approximate surface area is 182 Å². The van der Waals surface area contributed by atoms with Gasteiger partial charge in [0.25, 0.3) is 0 Å². The molecule has 0 saturated carbocycles. The molecule has 6 nitrogen and oxygen atoms in total. The smallest absolute Gasteiger partial charge is 0.161 e. The summed E-state index contributed by atoms with van der Waals surface area (Å²) in [6.07, 6.45) is 8.45. The summed E-state index contributed by atoms with van der Waals surface area (Å²) in [7, 11) is 0. The van der Waals surface area contributed by atoms with Crippen LogP contribution >= 0.6 is 0 Å². The van der Waals surface area contributed by atoms with Crippen molar-refractivity contribution in [1.29, 1.82) is 0 Å². The third kappa shape index (κ3) is 7.44. The molecular formula is C25H26N6. The summed E-state index contributed by atoms with van der Waals surface area (Å²) in [5.74, 6) is 0. The molecule has 0 spiro atoms. The van der Waals surface area contributed by atoms with Crippen molar-refractivity contribution in [1.82, 2.24) is 30.6 Å². The molecule has 3 aromatic carbocycles. The Morgan fingerprint density at radius 3 is 2.16 bits per heavy atom. The summed E-state index contributed by atoms with van der Waals surface area (Å²) in [4.78, 5) is 7.97. The zero-order valence-corrected chi connectivity index (χ0v) is 17.6. The molecule has 2 aromatic heterocycles. The Balaban J connectivity index is 0.000000153. The summed E-state index contributed by atoms with van der Waals surface area (Å²) < 4.78 is 0. The predicted molar refractivity (Wildman–Crippen MR) is 124 cm³/mol. The highest BCUT2D eigenvalue weighted by Gasteiger charge is 1.97. The van der Waals surface area contributed by atoms with E-state index in [2.05, 4.69) is 92.1 Å². The van der Waals surface area contributed by atoms with Crippen LogP contribution in [0.2, 0.25) is 0 Å². The lowest BCUT2D eigenvalue weighted by molar-refractivity contribution is 0.795. The topological polar surface area (TPSA) is 80.2 Å². The molecule has 0 saturated heterocycles. The summed E-state index contributed by atoms with van der Waals surface area (Å²) in [5.41, 5.74) is 5.05. The van der Waals surface area contributed by atoms with Gasteiger partial charge >= 0.3 is 0 Å². The van der Waals surface area contributed by atoms with E-state index in [9.17, 15) is 0 Å². The van der Waals surface area contributed by atoms with E-state index in [0.29, 0.717) is 0 Å². The number of aryl methyl sites for hydroxylation is 1. The number of rotatable bonds is 4. The van der Waals surface area contributed by atoms with E-state index in [0.717, 1.165) is 10.9 Å². The summed E-state index contributed by atoms with van der Waals surface area (Å²) in [6, 6.07) is 27.4. The molecule has 0 aliphatic carbocycles. The Hall–Kier alpha value is -3.93. The second-order valence-corrected chi connectivity index (χ2v) is 6.81. The third-order valence-electron chi connectivity index (χ3n) is 4.56. The van der Waals surface area contributed by atoms with Crippen LogP contribution in [0.15, 0.2) is 97.7 Å². The first-order valence-electron chi connectivity index (χ1n) is 10.3. The highest BCUT2D eigenvalue weighted by atomic mass is 15.5. The normalized spacial score (nSPS) is 9.84. The lowest BCUT2D eigenvalue weighted by atomic mass is 10.0. The number of para-hydroxylation sites is 1. The monoisotopic (exact) mass is 410 g/mol. The molecule has 5 aromatic rings. The van der Waals surface area contributed by atoms with Gasteiger partial charge in [0, 0.05) is 11.6 Å². The van der Waals surface area contributed by atoms with E-state index < -0.39 is 0 Å². The van der Waals surface area contributed by atoms with Gasteiger partial charge < -0.3 is 0 Å². The molecule has 0 aliphatic heterocycles. The molecule has 0 bridgehead atoms. The number of benzene rings is 3. The van der Waals surface area contributed by atoms with Crippen LogP contribution in [0.25, 0.3) is 22.0 Å². The van der Waals surface area contributed by atoms with Gasteiger partial charge in [-0.1, -0.05) is 91.4 Å². The molecule has 2 heterocycles. The molecule has 0 amide bonds.